The highest BCUT2D eigenvalue weighted by molar-refractivity contribution is 5.75. The average molecular weight is 289 g/mol. The van der Waals surface area contributed by atoms with E-state index < -0.39 is 11.4 Å². The Labute approximate surface area is 128 Å². The molecule has 21 heavy (non-hydrogen) atoms. The van der Waals surface area contributed by atoms with Crippen LogP contribution in [0.2, 0.25) is 0 Å². The molecule has 2 atom stereocenters. The molecule has 1 fully saturated rings. The highest BCUT2D eigenvalue weighted by Crippen LogP contribution is 2.38. The van der Waals surface area contributed by atoms with Crippen LogP contribution in [0.1, 0.15) is 56.7 Å². The maximum Gasteiger partial charge on any atom is 0.310 e. The number of piperidine rings is 1. The molecule has 0 spiro atoms. The second-order valence-electron chi connectivity index (χ2n) is 6.35. The van der Waals surface area contributed by atoms with Gasteiger partial charge in [-0.05, 0) is 44.7 Å². The third kappa shape index (κ3) is 3.29. The van der Waals surface area contributed by atoms with Crippen LogP contribution in [0.3, 0.4) is 0 Å². The summed E-state index contributed by atoms with van der Waals surface area (Å²) in [4.78, 5) is 14.1. The number of nitrogens with zero attached hydrogens (tertiary/aromatic N) is 1. The van der Waals surface area contributed by atoms with E-state index in [2.05, 4.69) is 43.0 Å². The van der Waals surface area contributed by atoms with Gasteiger partial charge in [-0.3, -0.25) is 9.69 Å². The van der Waals surface area contributed by atoms with Crippen molar-refractivity contribution in [2.45, 2.75) is 52.5 Å². The van der Waals surface area contributed by atoms with Gasteiger partial charge >= 0.3 is 5.97 Å². The molecule has 1 aliphatic heterocycles. The Bertz CT molecular complexity index is 482. The minimum absolute atomic E-state index is 0.330. The normalized spacial score (nSPS) is 24.7. The van der Waals surface area contributed by atoms with E-state index in [-0.39, 0.29) is 0 Å². The van der Waals surface area contributed by atoms with Gasteiger partial charge in [0.15, 0.2) is 0 Å². The van der Waals surface area contributed by atoms with E-state index in [1.807, 2.05) is 6.92 Å². The number of rotatable bonds is 5. The molecule has 0 saturated carbocycles. The minimum Gasteiger partial charge on any atom is -0.481 e. The number of carboxylic acids is 1. The van der Waals surface area contributed by atoms with E-state index in [0.717, 1.165) is 25.8 Å². The first-order valence-electron chi connectivity index (χ1n) is 8.06. The fourth-order valence-electron chi connectivity index (χ4n) is 3.54. The lowest BCUT2D eigenvalue weighted by Crippen LogP contribution is -2.48. The molecule has 0 bridgehead atoms. The average Bonchev–Trinajstić information content (AvgIpc) is 2.50. The van der Waals surface area contributed by atoms with Gasteiger partial charge in [-0.1, -0.05) is 43.7 Å². The number of aliphatic carboxylic acids is 1. The molecule has 3 heteroatoms. The van der Waals surface area contributed by atoms with Crippen molar-refractivity contribution in [3.63, 3.8) is 0 Å². The first-order valence-corrected chi connectivity index (χ1v) is 8.06. The fourth-order valence-corrected chi connectivity index (χ4v) is 3.54. The van der Waals surface area contributed by atoms with Gasteiger partial charge < -0.3 is 5.11 Å². The summed E-state index contributed by atoms with van der Waals surface area (Å²) in [7, 11) is 0. The predicted octanol–water partition coefficient (Wildman–Crippen LogP) is 4.02. The molecule has 0 amide bonds. The molecular weight excluding hydrogens is 262 g/mol. The van der Waals surface area contributed by atoms with Crippen LogP contribution in [0.5, 0.6) is 0 Å². The van der Waals surface area contributed by atoms with E-state index in [1.165, 1.54) is 11.1 Å². The number of hydrogen-bond donors (Lipinski definition) is 1. The van der Waals surface area contributed by atoms with Crippen LogP contribution >= 0.6 is 0 Å². The third-order valence-electron chi connectivity index (χ3n) is 5.03. The molecule has 1 aromatic carbocycles. The maximum absolute atomic E-state index is 11.7. The van der Waals surface area contributed by atoms with Gasteiger partial charge in [0.05, 0.1) is 5.41 Å². The monoisotopic (exact) mass is 289 g/mol. The number of benzene rings is 1. The smallest absolute Gasteiger partial charge is 0.310 e. The Balaban J connectivity index is 2.22. The van der Waals surface area contributed by atoms with Crippen LogP contribution in [-0.2, 0) is 4.79 Å². The zero-order valence-electron chi connectivity index (χ0n) is 13.4. The number of carboxylic acid groups (broad SMARTS) is 1. The van der Waals surface area contributed by atoms with Crippen molar-refractivity contribution in [3.8, 4) is 0 Å². The largest absolute Gasteiger partial charge is 0.481 e. The zero-order valence-corrected chi connectivity index (χ0v) is 13.4. The summed E-state index contributed by atoms with van der Waals surface area (Å²) in [6, 6.07) is 8.99. The highest BCUT2D eigenvalue weighted by atomic mass is 16.4. The van der Waals surface area contributed by atoms with E-state index >= 15 is 0 Å². The molecule has 1 saturated heterocycles. The van der Waals surface area contributed by atoms with Crippen molar-refractivity contribution in [2.75, 3.05) is 13.1 Å². The Morgan fingerprint density at radius 1 is 1.33 bits per heavy atom. The van der Waals surface area contributed by atoms with E-state index in [1.54, 1.807) is 0 Å². The van der Waals surface area contributed by atoms with Crippen LogP contribution in [0.4, 0.5) is 0 Å². The van der Waals surface area contributed by atoms with Gasteiger partial charge in [0.2, 0.25) is 0 Å². The SMILES string of the molecule is CCC(c1ccc(C)cc1)N1CCCC(CC)(C(=O)O)C1. The Hall–Kier alpha value is -1.35. The zero-order chi connectivity index (χ0) is 15.5. The highest BCUT2D eigenvalue weighted by Gasteiger charge is 2.42. The van der Waals surface area contributed by atoms with Crippen LogP contribution in [0.25, 0.3) is 0 Å². The molecule has 1 aromatic rings. The predicted molar refractivity (Wildman–Crippen MR) is 85.4 cm³/mol. The molecule has 116 valence electrons. The molecule has 1 N–H and O–H groups in total. The summed E-state index contributed by atoms with van der Waals surface area (Å²) in [5, 5.41) is 9.64. The maximum atomic E-state index is 11.7. The molecule has 2 rings (SSSR count). The van der Waals surface area contributed by atoms with Crippen LogP contribution in [0, 0.1) is 12.3 Å². The number of aryl methyl sites for hydroxylation is 1. The van der Waals surface area contributed by atoms with Crippen molar-refractivity contribution in [3.05, 3.63) is 35.4 Å². The molecule has 3 nitrogen and oxygen atoms in total. The van der Waals surface area contributed by atoms with Gasteiger partial charge in [0, 0.05) is 12.6 Å². The summed E-state index contributed by atoms with van der Waals surface area (Å²) in [6.07, 6.45) is 3.51. The van der Waals surface area contributed by atoms with Crippen molar-refractivity contribution in [1.29, 1.82) is 0 Å². The summed E-state index contributed by atoms with van der Waals surface area (Å²) in [5.41, 5.74) is 2.01. The van der Waals surface area contributed by atoms with E-state index in [0.29, 0.717) is 19.0 Å². The van der Waals surface area contributed by atoms with E-state index in [9.17, 15) is 9.90 Å². The Kier molecular flexibility index (Phi) is 5.04. The summed E-state index contributed by atoms with van der Waals surface area (Å²) in [5.74, 6) is -0.631. The molecule has 1 heterocycles. The minimum atomic E-state index is -0.631. The molecular formula is C18H27NO2. The second-order valence-corrected chi connectivity index (χ2v) is 6.35. The second kappa shape index (κ2) is 6.61. The topological polar surface area (TPSA) is 40.5 Å². The van der Waals surface area contributed by atoms with Crippen molar-refractivity contribution in [1.82, 2.24) is 4.90 Å². The summed E-state index contributed by atoms with van der Waals surface area (Å²) < 4.78 is 0. The fraction of sp³-hybridized carbons (Fsp3) is 0.611. The first kappa shape index (κ1) is 16.0. The van der Waals surface area contributed by atoms with Gasteiger partial charge in [-0.2, -0.15) is 0 Å². The van der Waals surface area contributed by atoms with Crippen molar-refractivity contribution < 1.29 is 9.90 Å². The quantitative estimate of drug-likeness (QED) is 0.890. The van der Waals surface area contributed by atoms with Gasteiger partial charge in [0.1, 0.15) is 0 Å². The Morgan fingerprint density at radius 3 is 2.52 bits per heavy atom. The number of carbonyl (C=O) groups is 1. The molecule has 0 aromatic heterocycles. The van der Waals surface area contributed by atoms with Gasteiger partial charge in [-0.25, -0.2) is 0 Å². The number of hydrogen-bond acceptors (Lipinski definition) is 2. The first-order chi connectivity index (χ1) is 10.0. The van der Waals surface area contributed by atoms with E-state index in [4.69, 9.17) is 0 Å². The lowest BCUT2D eigenvalue weighted by Gasteiger charge is -2.43. The molecule has 2 unspecified atom stereocenters. The van der Waals surface area contributed by atoms with Gasteiger partial charge in [-0.15, -0.1) is 0 Å². The summed E-state index contributed by atoms with van der Waals surface area (Å²) in [6.45, 7) is 7.96. The lowest BCUT2D eigenvalue weighted by atomic mass is 9.77. The number of likely N-dealkylation sites (tertiary alicyclic amines) is 1. The van der Waals surface area contributed by atoms with Crippen molar-refractivity contribution in [2.24, 2.45) is 5.41 Å². The molecule has 1 aliphatic rings. The Morgan fingerprint density at radius 2 is 2.00 bits per heavy atom. The van der Waals surface area contributed by atoms with Gasteiger partial charge in [0.25, 0.3) is 0 Å². The lowest BCUT2D eigenvalue weighted by molar-refractivity contribution is -0.153. The molecule has 0 radical (unpaired) electrons. The van der Waals surface area contributed by atoms with Crippen LogP contribution < -0.4 is 0 Å². The van der Waals surface area contributed by atoms with Crippen LogP contribution in [0.15, 0.2) is 24.3 Å². The standard InChI is InChI=1S/C18H27NO2/c1-4-16(15-9-7-14(3)8-10-15)19-12-6-11-18(5-2,13-19)17(20)21/h7-10,16H,4-6,11-13H2,1-3H3,(H,20,21). The molecule has 0 aliphatic carbocycles. The van der Waals surface area contributed by atoms with Crippen LogP contribution in [-0.4, -0.2) is 29.1 Å². The third-order valence-corrected chi connectivity index (χ3v) is 5.03. The summed E-state index contributed by atoms with van der Waals surface area (Å²) >= 11 is 0. The van der Waals surface area contributed by atoms with Crippen molar-refractivity contribution >= 4 is 5.97 Å².